The summed E-state index contributed by atoms with van der Waals surface area (Å²) in [7, 11) is 1.59. The summed E-state index contributed by atoms with van der Waals surface area (Å²) in [6.45, 7) is 0.389. The summed E-state index contributed by atoms with van der Waals surface area (Å²) in [5, 5.41) is 0. The summed E-state index contributed by atoms with van der Waals surface area (Å²) >= 11 is 0. The topological polar surface area (TPSA) is 82.1 Å². The molecule has 2 amide bonds. The van der Waals surface area contributed by atoms with Crippen molar-refractivity contribution in [2.45, 2.75) is 19.3 Å². The number of carbonyl (C=O) groups excluding carboxylic acids is 3. The number of fused-ring (bicyclic) bond motifs is 1. The Morgan fingerprint density at radius 3 is 2.19 bits per heavy atom. The molecular formula is C20H23NO6. The minimum atomic E-state index is -0.457. The van der Waals surface area contributed by atoms with Gasteiger partial charge in [0.2, 0.25) is 11.8 Å². The summed E-state index contributed by atoms with van der Waals surface area (Å²) in [6.07, 6.45) is 5.06. The second kappa shape index (κ2) is 8.70. The molecule has 1 heterocycles. The van der Waals surface area contributed by atoms with Crippen LogP contribution in [0.3, 0.4) is 0 Å². The zero-order valence-corrected chi connectivity index (χ0v) is 15.3. The third-order valence-corrected chi connectivity index (χ3v) is 4.81. The molecule has 0 aromatic heterocycles. The van der Waals surface area contributed by atoms with Gasteiger partial charge in [-0.1, -0.05) is 12.2 Å². The number of esters is 1. The van der Waals surface area contributed by atoms with E-state index in [0.29, 0.717) is 18.6 Å². The van der Waals surface area contributed by atoms with Crippen LogP contribution in [0.4, 0.5) is 0 Å². The van der Waals surface area contributed by atoms with Crippen molar-refractivity contribution in [2.75, 3.05) is 26.9 Å². The zero-order chi connectivity index (χ0) is 19.2. The molecular weight excluding hydrogens is 350 g/mol. The van der Waals surface area contributed by atoms with Gasteiger partial charge in [-0.25, -0.2) is 0 Å². The van der Waals surface area contributed by atoms with Crippen molar-refractivity contribution in [1.82, 2.24) is 4.90 Å². The lowest BCUT2D eigenvalue weighted by Crippen LogP contribution is -2.33. The van der Waals surface area contributed by atoms with Gasteiger partial charge < -0.3 is 14.2 Å². The van der Waals surface area contributed by atoms with E-state index in [0.717, 1.165) is 5.75 Å². The van der Waals surface area contributed by atoms with Crippen LogP contribution in [0, 0.1) is 11.8 Å². The highest BCUT2D eigenvalue weighted by Gasteiger charge is 2.46. The predicted octanol–water partition coefficient (Wildman–Crippen LogP) is 1.96. The Kier molecular flexibility index (Phi) is 6.11. The summed E-state index contributed by atoms with van der Waals surface area (Å²) in [5.41, 5.74) is 0. The standard InChI is InChI=1S/C20H23NO6/c1-25-14-6-8-15(9-7-14)26-12-13-27-18(22)10-11-21-19(23)16-4-2-3-5-17(16)20(21)24/h2-3,6-9,16-17H,4-5,10-13H2,1H3/t16-,17-/m0/s1. The Morgan fingerprint density at radius 2 is 1.59 bits per heavy atom. The lowest BCUT2D eigenvalue weighted by atomic mass is 9.85. The first-order valence-electron chi connectivity index (χ1n) is 9.03. The van der Waals surface area contributed by atoms with Crippen LogP contribution in [0.15, 0.2) is 36.4 Å². The molecule has 0 saturated carbocycles. The van der Waals surface area contributed by atoms with Gasteiger partial charge in [-0.15, -0.1) is 0 Å². The highest BCUT2D eigenvalue weighted by molar-refractivity contribution is 6.05. The van der Waals surface area contributed by atoms with E-state index < -0.39 is 5.97 Å². The molecule has 0 unspecified atom stereocenters. The first-order chi connectivity index (χ1) is 13.1. The Balaban J connectivity index is 1.36. The third-order valence-electron chi connectivity index (χ3n) is 4.81. The number of ether oxygens (including phenoxy) is 3. The Morgan fingerprint density at radius 1 is 1.00 bits per heavy atom. The second-order valence-electron chi connectivity index (χ2n) is 6.48. The molecule has 0 N–H and O–H groups in total. The summed E-state index contributed by atoms with van der Waals surface area (Å²) in [6, 6.07) is 7.08. The molecule has 1 aromatic rings. The number of benzene rings is 1. The fourth-order valence-corrected chi connectivity index (χ4v) is 3.35. The number of nitrogens with zero attached hydrogens (tertiary/aromatic N) is 1. The largest absolute Gasteiger partial charge is 0.497 e. The van der Waals surface area contributed by atoms with Crippen molar-refractivity contribution in [3.05, 3.63) is 36.4 Å². The molecule has 3 rings (SSSR count). The lowest BCUT2D eigenvalue weighted by Gasteiger charge is -2.14. The van der Waals surface area contributed by atoms with E-state index in [1.54, 1.807) is 31.4 Å². The number of rotatable bonds is 8. The number of hydrogen-bond acceptors (Lipinski definition) is 6. The molecule has 1 aliphatic heterocycles. The molecule has 1 aromatic carbocycles. The normalized spacial score (nSPS) is 21.1. The van der Waals surface area contributed by atoms with Gasteiger partial charge >= 0.3 is 5.97 Å². The smallest absolute Gasteiger partial charge is 0.307 e. The van der Waals surface area contributed by atoms with Gasteiger partial charge in [0.15, 0.2) is 0 Å². The average Bonchev–Trinajstić information content (AvgIpc) is 2.94. The SMILES string of the molecule is COc1ccc(OCCOC(=O)CCN2C(=O)[C@H]3CC=CC[C@@H]3C2=O)cc1. The number of allylic oxidation sites excluding steroid dienone is 2. The molecule has 7 nitrogen and oxygen atoms in total. The predicted molar refractivity (Wildman–Crippen MR) is 96.1 cm³/mol. The number of methoxy groups -OCH3 is 1. The minimum absolute atomic E-state index is 0.00706. The molecule has 2 aliphatic rings. The summed E-state index contributed by atoms with van der Waals surface area (Å²) in [5.74, 6) is 0.0384. The molecule has 27 heavy (non-hydrogen) atoms. The van der Waals surface area contributed by atoms with Crippen LogP contribution in [0.25, 0.3) is 0 Å². The van der Waals surface area contributed by atoms with Gasteiger partial charge in [-0.2, -0.15) is 0 Å². The molecule has 7 heteroatoms. The van der Waals surface area contributed by atoms with E-state index in [2.05, 4.69) is 0 Å². The van der Waals surface area contributed by atoms with Gasteiger partial charge in [0, 0.05) is 6.54 Å². The van der Waals surface area contributed by atoms with Crippen LogP contribution in [0.5, 0.6) is 11.5 Å². The average molecular weight is 373 g/mol. The van der Waals surface area contributed by atoms with E-state index in [9.17, 15) is 14.4 Å². The van der Waals surface area contributed by atoms with Crippen LogP contribution in [0.1, 0.15) is 19.3 Å². The highest BCUT2D eigenvalue weighted by Crippen LogP contribution is 2.35. The van der Waals surface area contributed by atoms with E-state index in [-0.39, 0.29) is 49.8 Å². The molecule has 2 atom stereocenters. The van der Waals surface area contributed by atoms with Crippen molar-refractivity contribution in [3.63, 3.8) is 0 Å². The van der Waals surface area contributed by atoms with Gasteiger partial charge in [0.05, 0.1) is 25.4 Å². The number of imide groups is 1. The number of carbonyl (C=O) groups is 3. The van der Waals surface area contributed by atoms with Gasteiger partial charge in [0.1, 0.15) is 24.7 Å². The number of hydrogen-bond donors (Lipinski definition) is 0. The van der Waals surface area contributed by atoms with Crippen molar-refractivity contribution < 1.29 is 28.6 Å². The third kappa shape index (κ3) is 4.48. The zero-order valence-electron chi connectivity index (χ0n) is 15.3. The summed E-state index contributed by atoms with van der Waals surface area (Å²) < 4.78 is 15.6. The highest BCUT2D eigenvalue weighted by atomic mass is 16.6. The minimum Gasteiger partial charge on any atom is -0.497 e. The number of amides is 2. The van der Waals surface area contributed by atoms with Crippen LogP contribution in [-0.2, 0) is 19.1 Å². The first-order valence-corrected chi connectivity index (χ1v) is 9.03. The second-order valence-corrected chi connectivity index (χ2v) is 6.48. The maximum absolute atomic E-state index is 12.3. The van der Waals surface area contributed by atoms with Crippen molar-refractivity contribution in [2.24, 2.45) is 11.8 Å². The van der Waals surface area contributed by atoms with Crippen molar-refractivity contribution >= 4 is 17.8 Å². The summed E-state index contributed by atoms with van der Waals surface area (Å²) in [4.78, 5) is 37.7. The Hall–Kier alpha value is -2.83. The first kappa shape index (κ1) is 18.9. The monoisotopic (exact) mass is 373 g/mol. The molecule has 1 fully saturated rings. The van der Waals surface area contributed by atoms with E-state index in [1.165, 1.54) is 4.90 Å². The van der Waals surface area contributed by atoms with Crippen LogP contribution < -0.4 is 9.47 Å². The van der Waals surface area contributed by atoms with Crippen LogP contribution in [0.2, 0.25) is 0 Å². The van der Waals surface area contributed by atoms with E-state index in [4.69, 9.17) is 14.2 Å². The quantitative estimate of drug-likeness (QED) is 0.300. The molecule has 1 saturated heterocycles. The molecule has 0 spiro atoms. The molecule has 0 radical (unpaired) electrons. The van der Waals surface area contributed by atoms with E-state index in [1.807, 2.05) is 12.2 Å². The van der Waals surface area contributed by atoms with Gasteiger partial charge in [0.25, 0.3) is 0 Å². The van der Waals surface area contributed by atoms with Gasteiger partial charge in [-0.05, 0) is 37.1 Å². The Bertz CT molecular complexity index is 700. The lowest BCUT2D eigenvalue weighted by molar-refractivity contribution is -0.146. The maximum Gasteiger partial charge on any atom is 0.307 e. The molecule has 0 bridgehead atoms. The van der Waals surface area contributed by atoms with Gasteiger partial charge in [-0.3, -0.25) is 19.3 Å². The fourth-order valence-electron chi connectivity index (χ4n) is 3.35. The molecule has 1 aliphatic carbocycles. The van der Waals surface area contributed by atoms with Crippen molar-refractivity contribution in [3.8, 4) is 11.5 Å². The fraction of sp³-hybridized carbons (Fsp3) is 0.450. The van der Waals surface area contributed by atoms with E-state index >= 15 is 0 Å². The maximum atomic E-state index is 12.3. The van der Waals surface area contributed by atoms with Crippen molar-refractivity contribution in [1.29, 1.82) is 0 Å². The number of likely N-dealkylation sites (tertiary alicyclic amines) is 1. The van der Waals surface area contributed by atoms with Crippen LogP contribution >= 0.6 is 0 Å². The Labute approximate surface area is 157 Å². The van der Waals surface area contributed by atoms with Crippen LogP contribution in [-0.4, -0.2) is 49.6 Å². The molecule has 144 valence electrons.